The average Bonchev–Trinajstić information content (AvgIpc) is 2.44. The highest BCUT2D eigenvalue weighted by Gasteiger charge is 2.31. The number of hydrogen-bond donors (Lipinski definition) is 1. The van der Waals surface area contributed by atoms with Crippen LogP contribution in [-0.4, -0.2) is 37.4 Å². The van der Waals surface area contributed by atoms with E-state index in [0.29, 0.717) is 6.42 Å². The van der Waals surface area contributed by atoms with Crippen LogP contribution in [0.15, 0.2) is 36.9 Å². The third-order valence-electron chi connectivity index (χ3n) is 3.46. The van der Waals surface area contributed by atoms with Crippen molar-refractivity contribution in [1.29, 1.82) is 0 Å². The zero-order chi connectivity index (χ0) is 15.3. The molecule has 0 saturated carbocycles. The first kappa shape index (κ1) is 15.9. The molecule has 0 aromatic heterocycles. The maximum atomic E-state index is 12.3. The molecule has 1 aliphatic heterocycles. The van der Waals surface area contributed by atoms with Gasteiger partial charge in [-0.15, -0.1) is 19.8 Å². The molecule has 116 valence electrons. The summed E-state index contributed by atoms with van der Waals surface area (Å²) in [5.74, 6) is -0.177. The van der Waals surface area contributed by atoms with Gasteiger partial charge in [0.05, 0.1) is 0 Å². The maximum absolute atomic E-state index is 12.3. The van der Waals surface area contributed by atoms with Crippen molar-refractivity contribution in [3.05, 3.63) is 42.5 Å². The maximum Gasteiger partial charge on any atom is 0.573 e. The second-order valence-corrected chi connectivity index (χ2v) is 4.95. The molecule has 3 nitrogen and oxygen atoms in total. The molecule has 0 bridgehead atoms. The van der Waals surface area contributed by atoms with Crippen molar-refractivity contribution in [3.63, 3.8) is 0 Å². The minimum absolute atomic E-state index is 0.0291. The van der Waals surface area contributed by atoms with Crippen molar-refractivity contribution in [3.8, 4) is 5.75 Å². The minimum atomic E-state index is -4.67. The van der Waals surface area contributed by atoms with E-state index in [2.05, 4.69) is 21.5 Å². The van der Waals surface area contributed by atoms with Crippen molar-refractivity contribution in [2.45, 2.75) is 18.8 Å². The van der Waals surface area contributed by atoms with Gasteiger partial charge in [0.15, 0.2) is 0 Å². The van der Waals surface area contributed by atoms with Crippen molar-refractivity contribution in [2.24, 2.45) is 0 Å². The van der Waals surface area contributed by atoms with Gasteiger partial charge >= 0.3 is 6.36 Å². The normalized spacial score (nSPS) is 18.2. The molecule has 0 amide bonds. The number of alkyl halides is 3. The Kier molecular flexibility index (Phi) is 5.25. The van der Waals surface area contributed by atoms with Crippen LogP contribution in [0.4, 0.5) is 13.2 Å². The summed E-state index contributed by atoms with van der Waals surface area (Å²) in [4.78, 5) is 2.25. The number of nitrogens with zero attached hydrogens (tertiary/aromatic N) is 1. The Labute approximate surface area is 122 Å². The highest BCUT2D eigenvalue weighted by Crippen LogP contribution is 2.30. The topological polar surface area (TPSA) is 24.5 Å². The zero-order valence-corrected chi connectivity index (χ0v) is 11.7. The Bertz CT molecular complexity index is 470. The highest BCUT2D eigenvalue weighted by atomic mass is 19.4. The van der Waals surface area contributed by atoms with Gasteiger partial charge in [0.1, 0.15) is 5.75 Å². The molecule has 0 aliphatic carbocycles. The number of halogens is 3. The van der Waals surface area contributed by atoms with Crippen molar-refractivity contribution in [2.75, 3.05) is 26.2 Å². The summed E-state index contributed by atoms with van der Waals surface area (Å²) in [7, 11) is 0. The van der Waals surface area contributed by atoms with Crippen LogP contribution in [-0.2, 0) is 0 Å². The number of rotatable bonds is 5. The average molecular weight is 300 g/mol. The largest absolute Gasteiger partial charge is 0.573 e. The van der Waals surface area contributed by atoms with Gasteiger partial charge in [0.25, 0.3) is 0 Å². The lowest BCUT2D eigenvalue weighted by Crippen LogP contribution is -2.45. The Hall–Kier alpha value is -1.53. The van der Waals surface area contributed by atoms with E-state index >= 15 is 0 Å². The fraction of sp³-hybridized carbons (Fsp3) is 0.467. The molecular weight excluding hydrogens is 281 g/mol. The summed E-state index contributed by atoms with van der Waals surface area (Å²) in [6, 6.07) is 6.23. The molecule has 0 spiro atoms. The van der Waals surface area contributed by atoms with Crippen LogP contribution in [0.25, 0.3) is 0 Å². The Morgan fingerprint density at radius 1 is 1.33 bits per heavy atom. The van der Waals surface area contributed by atoms with Crippen molar-refractivity contribution in [1.82, 2.24) is 10.2 Å². The van der Waals surface area contributed by atoms with Gasteiger partial charge in [-0.25, -0.2) is 0 Å². The van der Waals surface area contributed by atoms with Crippen molar-refractivity contribution < 1.29 is 17.9 Å². The molecule has 1 aromatic carbocycles. The molecule has 1 atom stereocenters. The van der Waals surface area contributed by atoms with Gasteiger partial charge < -0.3 is 10.1 Å². The molecule has 6 heteroatoms. The van der Waals surface area contributed by atoms with E-state index in [1.807, 2.05) is 6.07 Å². The van der Waals surface area contributed by atoms with E-state index in [1.165, 1.54) is 12.1 Å². The minimum Gasteiger partial charge on any atom is -0.406 e. The van der Waals surface area contributed by atoms with Gasteiger partial charge in [-0.3, -0.25) is 4.90 Å². The van der Waals surface area contributed by atoms with Gasteiger partial charge in [-0.1, -0.05) is 18.2 Å². The predicted octanol–water partition coefficient (Wildman–Crippen LogP) is 3.11. The van der Waals surface area contributed by atoms with Crippen molar-refractivity contribution >= 4 is 0 Å². The Morgan fingerprint density at radius 3 is 2.67 bits per heavy atom. The lowest BCUT2D eigenvalue weighted by atomic mass is 10.0. The monoisotopic (exact) mass is 300 g/mol. The molecular formula is C15H19F3N2O. The van der Waals surface area contributed by atoms with Gasteiger partial charge in [0, 0.05) is 32.2 Å². The number of benzene rings is 1. The first-order chi connectivity index (χ1) is 9.99. The van der Waals surface area contributed by atoms with Crippen LogP contribution >= 0.6 is 0 Å². The third kappa shape index (κ3) is 4.75. The van der Waals surface area contributed by atoms with E-state index in [4.69, 9.17) is 0 Å². The lowest BCUT2D eigenvalue weighted by Gasteiger charge is -2.35. The second-order valence-electron chi connectivity index (χ2n) is 4.95. The fourth-order valence-electron chi connectivity index (χ4n) is 2.57. The van der Waals surface area contributed by atoms with Gasteiger partial charge in [-0.2, -0.15) is 0 Å². The van der Waals surface area contributed by atoms with Crippen LogP contribution in [0.5, 0.6) is 5.75 Å². The molecule has 0 radical (unpaired) electrons. The van der Waals surface area contributed by atoms with E-state index in [0.717, 1.165) is 31.7 Å². The van der Waals surface area contributed by atoms with Crippen LogP contribution in [0.3, 0.4) is 0 Å². The lowest BCUT2D eigenvalue weighted by molar-refractivity contribution is -0.274. The number of piperazine rings is 1. The van der Waals surface area contributed by atoms with Gasteiger partial charge in [-0.05, 0) is 24.1 Å². The summed E-state index contributed by atoms with van der Waals surface area (Å²) in [6.45, 7) is 7.24. The smallest absolute Gasteiger partial charge is 0.406 e. The first-order valence-corrected chi connectivity index (χ1v) is 6.91. The second kappa shape index (κ2) is 6.95. The molecule has 1 saturated heterocycles. The van der Waals surface area contributed by atoms with Crippen LogP contribution in [0.1, 0.15) is 18.0 Å². The molecule has 1 N–H and O–H groups in total. The number of ether oxygens (including phenoxy) is 1. The first-order valence-electron chi connectivity index (χ1n) is 6.91. The quantitative estimate of drug-likeness (QED) is 0.846. The predicted molar refractivity (Wildman–Crippen MR) is 75.1 cm³/mol. The molecule has 2 rings (SSSR count). The van der Waals surface area contributed by atoms with E-state index in [1.54, 1.807) is 12.1 Å². The summed E-state index contributed by atoms with van der Waals surface area (Å²) in [6.07, 6.45) is -2.18. The molecule has 1 fully saturated rings. The molecule has 1 heterocycles. The van der Waals surface area contributed by atoms with Crippen LogP contribution in [0, 0.1) is 0 Å². The van der Waals surface area contributed by atoms with E-state index in [9.17, 15) is 13.2 Å². The third-order valence-corrected chi connectivity index (χ3v) is 3.46. The SMILES string of the molecule is C=CC[C@@H](c1cccc(OC(F)(F)F)c1)N1CCNCC1. The zero-order valence-electron chi connectivity index (χ0n) is 11.7. The molecule has 1 aromatic rings. The Morgan fingerprint density at radius 2 is 2.05 bits per heavy atom. The van der Waals surface area contributed by atoms with E-state index < -0.39 is 6.36 Å². The van der Waals surface area contributed by atoms with E-state index in [-0.39, 0.29) is 11.8 Å². The highest BCUT2D eigenvalue weighted by molar-refractivity contribution is 5.31. The summed E-state index contributed by atoms with van der Waals surface area (Å²) < 4.78 is 41.0. The van der Waals surface area contributed by atoms with Crippen LogP contribution < -0.4 is 10.1 Å². The number of nitrogens with one attached hydrogen (secondary N) is 1. The standard InChI is InChI=1S/C15H19F3N2O/c1-2-4-14(20-9-7-19-8-10-20)12-5-3-6-13(11-12)21-15(16,17)18/h2-3,5-6,11,14,19H,1,4,7-10H2/t14-/m0/s1. The fourth-order valence-corrected chi connectivity index (χ4v) is 2.57. The van der Waals surface area contributed by atoms with Crippen LogP contribution in [0.2, 0.25) is 0 Å². The number of hydrogen-bond acceptors (Lipinski definition) is 3. The Balaban J connectivity index is 2.19. The summed E-state index contributed by atoms with van der Waals surface area (Å²) in [5, 5.41) is 3.26. The summed E-state index contributed by atoms with van der Waals surface area (Å²) in [5.41, 5.74) is 0.818. The molecule has 1 aliphatic rings. The van der Waals surface area contributed by atoms with Gasteiger partial charge in [0.2, 0.25) is 0 Å². The molecule has 21 heavy (non-hydrogen) atoms. The molecule has 0 unspecified atom stereocenters. The summed E-state index contributed by atoms with van der Waals surface area (Å²) >= 11 is 0.